The summed E-state index contributed by atoms with van der Waals surface area (Å²) in [7, 11) is 1.54. The molecule has 0 aliphatic rings. The number of benzene rings is 1. The summed E-state index contributed by atoms with van der Waals surface area (Å²) < 4.78 is 10.6. The van der Waals surface area contributed by atoms with Gasteiger partial charge < -0.3 is 19.9 Å². The molecule has 0 radical (unpaired) electrons. The first kappa shape index (κ1) is 15.0. The summed E-state index contributed by atoms with van der Waals surface area (Å²) >= 11 is 0. The highest BCUT2D eigenvalue weighted by atomic mass is 16.5. The molecule has 0 saturated carbocycles. The van der Waals surface area contributed by atoms with Gasteiger partial charge in [0.15, 0.2) is 6.10 Å². The van der Waals surface area contributed by atoms with Gasteiger partial charge in [0.25, 0.3) is 5.91 Å². The minimum absolute atomic E-state index is 0.187. The van der Waals surface area contributed by atoms with Crippen molar-refractivity contribution in [1.82, 2.24) is 5.32 Å². The van der Waals surface area contributed by atoms with E-state index < -0.39 is 6.10 Å². The first-order valence-corrected chi connectivity index (χ1v) is 5.95. The van der Waals surface area contributed by atoms with E-state index in [1.807, 2.05) is 0 Å². The van der Waals surface area contributed by atoms with E-state index in [1.54, 1.807) is 38.3 Å². The number of methoxy groups -OCH3 is 1. The Morgan fingerprint density at radius 2 is 2.32 bits per heavy atom. The molecule has 1 unspecified atom stereocenters. The smallest absolute Gasteiger partial charge is 0.261 e. The van der Waals surface area contributed by atoms with Crippen LogP contribution in [0.15, 0.2) is 30.9 Å². The minimum Gasteiger partial charge on any atom is -0.497 e. The zero-order valence-corrected chi connectivity index (χ0v) is 11.2. The maximum Gasteiger partial charge on any atom is 0.261 e. The number of ether oxygens (including phenoxy) is 2. The van der Waals surface area contributed by atoms with Crippen molar-refractivity contribution in [3.05, 3.63) is 36.4 Å². The summed E-state index contributed by atoms with van der Waals surface area (Å²) in [6.07, 6.45) is 0.940. The molecule has 0 bridgehead atoms. The van der Waals surface area contributed by atoms with Crippen molar-refractivity contribution < 1.29 is 19.4 Å². The summed E-state index contributed by atoms with van der Waals surface area (Å²) in [5, 5.41) is 11.9. The Kier molecular flexibility index (Phi) is 5.89. The number of nitrogens with one attached hydrogen (secondary N) is 1. The molecule has 0 saturated heterocycles. The van der Waals surface area contributed by atoms with Crippen LogP contribution in [0.4, 0.5) is 0 Å². The Morgan fingerprint density at radius 1 is 1.58 bits per heavy atom. The van der Waals surface area contributed by atoms with Crippen molar-refractivity contribution in [1.29, 1.82) is 0 Å². The lowest BCUT2D eigenvalue weighted by atomic mass is 10.2. The summed E-state index contributed by atoms with van der Waals surface area (Å²) in [5.41, 5.74) is 0.572. The molecule has 1 amide bonds. The third-order valence-corrected chi connectivity index (χ3v) is 2.53. The SMILES string of the molecule is C=CCNC(=O)C(C)Oc1ccc(OC)cc1CO. The Bertz CT molecular complexity index is 445. The Labute approximate surface area is 112 Å². The van der Waals surface area contributed by atoms with E-state index in [9.17, 15) is 9.90 Å². The van der Waals surface area contributed by atoms with Gasteiger partial charge >= 0.3 is 0 Å². The second-order valence-corrected chi connectivity index (χ2v) is 3.93. The summed E-state index contributed by atoms with van der Waals surface area (Å²) in [4.78, 5) is 11.7. The topological polar surface area (TPSA) is 67.8 Å². The predicted octanol–water partition coefficient (Wildman–Crippen LogP) is 1.26. The molecule has 1 rings (SSSR count). The van der Waals surface area contributed by atoms with Gasteiger partial charge in [0.05, 0.1) is 13.7 Å². The number of rotatable bonds is 7. The number of aliphatic hydroxyl groups excluding tert-OH is 1. The van der Waals surface area contributed by atoms with Crippen molar-refractivity contribution >= 4 is 5.91 Å². The number of hydrogen-bond acceptors (Lipinski definition) is 4. The van der Waals surface area contributed by atoms with Gasteiger partial charge in [0.1, 0.15) is 11.5 Å². The van der Waals surface area contributed by atoms with Gasteiger partial charge in [0, 0.05) is 12.1 Å². The van der Waals surface area contributed by atoms with Crippen molar-refractivity contribution in [2.45, 2.75) is 19.6 Å². The largest absolute Gasteiger partial charge is 0.497 e. The second kappa shape index (κ2) is 7.43. The van der Waals surface area contributed by atoms with E-state index in [0.29, 0.717) is 23.6 Å². The van der Waals surface area contributed by atoms with Crippen molar-refractivity contribution in [3.8, 4) is 11.5 Å². The van der Waals surface area contributed by atoms with E-state index in [2.05, 4.69) is 11.9 Å². The first-order valence-electron chi connectivity index (χ1n) is 5.95. The fourth-order valence-electron chi connectivity index (χ4n) is 1.48. The fraction of sp³-hybridized carbons (Fsp3) is 0.357. The lowest BCUT2D eigenvalue weighted by Gasteiger charge is -2.16. The molecule has 0 heterocycles. The molecule has 1 aromatic carbocycles. The third kappa shape index (κ3) is 4.30. The van der Waals surface area contributed by atoms with E-state index in [4.69, 9.17) is 9.47 Å². The van der Waals surface area contributed by atoms with Gasteiger partial charge in [-0.05, 0) is 25.1 Å². The van der Waals surface area contributed by atoms with Crippen LogP contribution in [0.25, 0.3) is 0 Å². The van der Waals surface area contributed by atoms with Crippen LogP contribution in [0, 0.1) is 0 Å². The monoisotopic (exact) mass is 265 g/mol. The Hall–Kier alpha value is -2.01. The highest BCUT2D eigenvalue weighted by molar-refractivity contribution is 5.80. The Morgan fingerprint density at radius 3 is 2.89 bits per heavy atom. The van der Waals surface area contributed by atoms with E-state index in [0.717, 1.165) is 0 Å². The van der Waals surface area contributed by atoms with Crippen LogP contribution in [0.5, 0.6) is 11.5 Å². The lowest BCUT2D eigenvalue weighted by molar-refractivity contribution is -0.127. The van der Waals surface area contributed by atoms with Crippen LogP contribution in [-0.2, 0) is 11.4 Å². The number of aliphatic hydroxyl groups is 1. The molecule has 0 fully saturated rings. The van der Waals surface area contributed by atoms with Crippen LogP contribution in [0.3, 0.4) is 0 Å². The van der Waals surface area contributed by atoms with Crippen molar-refractivity contribution in [2.75, 3.05) is 13.7 Å². The molecule has 1 atom stereocenters. The summed E-state index contributed by atoms with van der Waals surface area (Å²) in [6.45, 7) is 5.37. The van der Waals surface area contributed by atoms with Crippen molar-refractivity contribution in [2.24, 2.45) is 0 Å². The maximum atomic E-state index is 11.7. The molecular formula is C14H19NO4. The van der Waals surface area contributed by atoms with E-state index >= 15 is 0 Å². The quantitative estimate of drug-likeness (QED) is 0.728. The number of hydrogen-bond donors (Lipinski definition) is 2. The highest BCUT2D eigenvalue weighted by Crippen LogP contribution is 2.25. The highest BCUT2D eigenvalue weighted by Gasteiger charge is 2.15. The van der Waals surface area contributed by atoms with Gasteiger partial charge in [-0.2, -0.15) is 0 Å². The Balaban J connectivity index is 2.75. The molecule has 0 aliphatic carbocycles. The average Bonchev–Trinajstić information content (AvgIpc) is 2.44. The lowest BCUT2D eigenvalue weighted by Crippen LogP contribution is -2.36. The molecule has 5 heteroatoms. The normalized spacial score (nSPS) is 11.5. The summed E-state index contributed by atoms with van der Waals surface area (Å²) in [5.74, 6) is 0.851. The maximum absolute atomic E-state index is 11.7. The zero-order chi connectivity index (χ0) is 14.3. The van der Waals surface area contributed by atoms with Gasteiger partial charge in [0.2, 0.25) is 0 Å². The number of amides is 1. The molecule has 0 aromatic heterocycles. The van der Waals surface area contributed by atoms with E-state index in [-0.39, 0.29) is 12.5 Å². The molecule has 5 nitrogen and oxygen atoms in total. The molecule has 0 aliphatic heterocycles. The minimum atomic E-state index is -0.654. The zero-order valence-electron chi connectivity index (χ0n) is 11.2. The van der Waals surface area contributed by atoms with Crippen LogP contribution >= 0.6 is 0 Å². The average molecular weight is 265 g/mol. The number of carbonyl (C=O) groups excluding carboxylic acids is 1. The molecule has 1 aromatic rings. The molecule has 2 N–H and O–H groups in total. The van der Waals surface area contributed by atoms with Crippen LogP contribution in [0.2, 0.25) is 0 Å². The number of carbonyl (C=O) groups is 1. The predicted molar refractivity (Wildman–Crippen MR) is 72.2 cm³/mol. The van der Waals surface area contributed by atoms with Crippen LogP contribution in [-0.4, -0.2) is 30.8 Å². The first-order chi connectivity index (χ1) is 9.12. The van der Waals surface area contributed by atoms with Gasteiger partial charge in [-0.1, -0.05) is 6.08 Å². The van der Waals surface area contributed by atoms with E-state index in [1.165, 1.54) is 0 Å². The fourth-order valence-corrected chi connectivity index (χ4v) is 1.48. The van der Waals surface area contributed by atoms with Gasteiger partial charge in [-0.25, -0.2) is 0 Å². The molecular weight excluding hydrogens is 246 g/mol. The second-order valence-electron chi connectivity index (χ2n) is 3.93. The molecule has 104 valence electrons. The molecule has 19 heavy (non-hydrogen) atoms. The standard InChI is InChI=1S/C14H19NO4/c1-4-7-15-14(17)10(2)19-13-6-5-12(18-3)8-11(13)9-16/h4-6,8,10,16H,1,7,9H2,2-3H3,(H,15,17). The van der Waals surface area contributed by atoms with Gasteiger partial charge in [-0.15, -0.1) is 6.58 Å². The third-order valence-electron chi connectivity index (χ3n) is 2.53. The van der Waals surface area contributed by atoms with Crippen LogP contribution in [0.1, 0.15) is 12.5 Å². The molecule has 0 spiro atoms. The summed E-state index contributed by atoms with van der Waals surface area (Å²) in [6, 6.07) is 5.05. The van der Waals surface area contributed by atoms with Gasteiger partial charge in [-0.3, -0.25) is 4.79 Å². The van der Waals surface area contributed by atoms with Crippen molar-refractivity contribution in [3.63, 3.8) is 0 Å². The van der Waals surface area contributed by atoms with Crippen LogP contribution < -0.4 is 14.8 Å².